The fourth-order valence-electron chi connectivity index (χ4n) is 2.91. The van der Waals surface area contributed by atoms with Gasteiger partial charge in [-0.2, -0.15) is 9.55 Å². The van der Waals surface area contributed by atoms with Crippen LogP contribution in [0.4, 0.5) is 0 Å². The van der Waals surface area contributed by atoms with E-state index < -0.39 is 13.7 Å². The lowest BCUT2D eigenvalue weighted by Gasteiger charge is -2.03. The number of hydrogen-bond donors (Lipinski definition) is 0. The Morgan fingerprint density at radius 2 is 1.95 bits per heavy atom. The largest absolute Gasteiger partial charge is 0.312 e. The van der Waals surface area contributed by atoms with Crippen molar-refractivity contribution in [2.24, 2.45) is 7.05 Å². The van der Waals surface area contributed by atoms with Crippen molar-refractivity contribution in [1.29, 1.82) is 0 Å². The molecule has 4 heteroatoms. The van der Waals surface area contributed by atoms with Crippen molar-refractivity contribution in [2.45, 2.75) is 20.6 Å². The Hall–Kier alpha value is -2.62. The van der Waals surface area contributed by atoms with E-state index >= 15 is 0 Å². The molecule has 0 spiro atoms. The van der Waals surface area contributed by atoms with E-state index in [1.54, 1.807) is 33.6 Å². The first-order valence-corrected chi connectivity index (χ1v) is 6.99. The molecule has 4 nitrogen and oxygen atoms in total. The summed E-state index contributed by atoms with van der Waals surface area (Å²) in [5.74, 6) is 1.10. The normalized spacial score (nSPS) is 16.8. The van der Waals surface area contributed by atoms with Gasteiger partial charge < -0.3 is 0 Å². The van der Waals surface area contributed by atoms with Gasteiger partial charge in [0.1, 0.15) is 5.69 Å². The molecule has 0 bridgehead atoms. The maximum absolute atomic E-state index is 8.05. The Morgan fingerprint density at radius 1 is 1.09 bits per heavy atom. The first kappa shape index (κ1) is 8.13. The number of para-hydroxylation sites is 2. The molecule has 0 N–H and O–H groups in total. The lowest BCUT2D eigenvalue weighted by atomic mass is 10.3. The van der Waals surface area contributed by atoms with Gasteiger partial charge in [0.05, 0.1) is 30.0 Å². The van der Waals surface area contributed by atoms with Crippen LogP contribution in [0.5, 0.6) is 0 Å². The molecule has 0 aliphatic rings. The number of fused-ring (bicyclic) bond motifs is 3. The molecule has 0 fully saturated rings. The van der Waals surface area contributed by atoms with Gasteiger partial charge in [0.2, 0.25) is 0 Å². The SMILES string of the molecule is [2H]C([2H])([2H])c1ccc(-n2c(C)c(C([2H])([2H])[2H])n3c4ccccc4nc23)[n+](C)c1. The molecule has 0 unspecified atom stereocenters. The molecule has 0 atom stereocenters. The van der Waals surface area contributed by atoms with Crippen molar-refractivity contribution in [2.75, 3.05) is 0 Å². The highest BCUT2D eigenvalue weighted by molar-refractivity contribution is 5.80. The smallest absolute Gasteiger partial charge is 0.259 e. The highest BCUT2D eigenvalue weighted by atomic mass is 15.3. The molecule has 22 heavy (non-hydrogen) atoms. The van der Waals surface area contributed by atoms with Gasteiger partial charge in [-0.15, -0.1) is 0 Å². The molecule has 0 aliphatic heterocycles. The van der Waals surface area contributed by atoms with Crippen molar-refractivity contribution in [1.82, 2.24) is 14.0 Å². The standard InChI is InChI=1S/C18H19N4/c1-12-9-10-17(20(4)11-12)22-14(3)13(2)21-16-8-6-5-7-15(16)19-18(21)22/h5-11H,1-4H3/q+1/i1D3,2D3. The van der Waals surface area contributed by atoms with Crippen LogP contribution in [0.1, 0.15) is 25.2 Å². The molecule has 0 aliphatic carbocycles. The molecular weight excluding hydrogens is 272 g/mol. The van der Waals surface area contributed by atoms with E-state index in [-0.39, 0.29) is 11.3 Å². The van der Waals surface area contributed by atoms with Crippen LogP contribution < -0.4 is 4.57 Å². The van der Waals surface area contributed by atoms with E-state index in [2.05, 4.69) is 4.98 Å². The maximum atomic E-state index is 8.05. The molecule has 0 amide bonds. The molecule has 4 rings (SSSR count). The van der Waals surface area contributed by atoms with Crippen molar-refractivity contribution >= 4 is 16.8 Å². The number of hydrogen-bond acceptors (Lipinski definition) is 1. The third-order valence-electron chi connectivity index (χ3n) is 3.98. The van der Waals surface area contributed by atoms with Gasteiger partial charge in [-0.25, -0.2) is 4.57 Å². The van der Waals surface area contributed by atoms with Gasteiger partial charge >= 0.3 is 5.78 Å². The van der Waals surface area contributed by atoms with Crippen LogP contribution >= 0.6 is 0 Å². The summed E-state index contributed by atoms with van der Waals surface area (Å²) in [7, 11) is 1.73. The highest BCUT2D eigenvalue weighted by Crippen LogP contribution is 2.24. The quantitative estimate of drug-likeness (QED) is 0.496. The molecule has 1 aromatic carbocycles. The maximum Gasteiger partial charge on any atom is 0.312 e. The van der Waals surface area contributed by atoms with Crippen LogP contribution in [-0.2, 0) is 7.05 Å². The summed E-state index contributed by atoms with van der Waals surface area (Å²) >= 11 is 0. The molecule has 0 radical (unpaired) electrons. The number of pyridine rings is 1. The van der Waals surface area contributed by atoms with Crippen molar-refractivity contribution in [3.8, 4) is 5.82 Å². The molecular formula is C18H19N4+. The summed E-state index contributed by atoms with van der Waals surface area (Å²) in [6.45, 7) is -2.82. The topological polar surface area (TPSA) is 26.1 Å². The second-order valence-electron chi connectivity index (χ2n) is 5.39. The highest BCUT2D eigenvalue weighted by Gasteiger charge is 2.24. The van der Waals surface area contributed by atoms with Crippen LogP contribution in [0.3, 0.4) is 0 Å². The summed E-state index contributed by atoms with van der Waals surface area (Å²) in [4.78, 5) is 4.65. The summed E-state index contributed by atoms with van der Waals surface area (Å²) in [6, 6.07) is 10.6. The molecule has 4 aromatic rings. The van der Waals surface area contributed by atoms with Crippen LogP contribution in [0.2, 0.25) is 0 Å². The van der Waals surface area contributed by atoms with Crippen LogP contribution in [0.15, 0.2) is 42.6 Å². The van der Waals surface area contributed by atoms with Gasteiger partial charge in [0.25, 0.3) is 5.82 Å². The predicted molar refractivity (Wildman–Crippen MR) is 87.4 cm³/mol. The van der Waals surface area contributed by atoms with Gasteiger partial charge in [-0.05, 0) is 44.4 Å². The lowest BCUT2D eigenvalue weighted by Crippen LogP contribution is -2.34. The van der Waals surface area contributed by atoms with Crippen LogP contribution in [0, 0.1) is 20.6 Å². The zero-order valence-electron chi connectivity index (χ0n) is 18.3. The molecule has 0 saturated heterocycles. The number of aryl methyl sites for hydroxylation is 3. The molecule has 0 saturated carbocycles. The molecule has 110 valence electrons. The second kappa shape index (κ2) is 4.44. The molecule has 3 aromatic heterocycles. The second-order valence-corrected chi connectivity index (χ2v) is 5.39. The van der Waals surface area contributed by atoms with Crippen LogP contribution in [0.25, 0.3) is 22.6 Å². The average Bonchev–Trinajstić information content (AvgIpc) is 3.07. The zero-order valence-corrected chi connectivity index (χ0v) is 12.3. The summed E-state index contributed by atoms with van der Waals surface area (Å²) in [6.07, 6.45) is 1.54. The van der Waals surface area contributed by atoms with E-state index in [1.807, 2.05) is 24.3 Å². The molecule has 3 heterocycles. The minimum atomic E-state index is -2.34. The van der Waals surface area contributed by atoms with E-state index in [0.29, 0.717) is 28.3 Å². The minimum Gasteiger partial charge on any atom is -0.259 e. The van der Waals surface area contributed by atoms with Gasteiger partial charge in [0.15, 0.2) is 0 Å². The fraction of sp³-hybridized carbons (Fsp3) is 0.222. The Balaban J connectivity index is 2.10. The predicted octanol–water partition coefficient (Wildman–Crippen LogP) is 3.03. The number of rotatable bonds is 1. The Morgan fingerprint density at radius 3 is 2.73 bits per heavy atom. The number of aromatic nitrogens is 4. The van der Waals surface area contributed by atoms with E-state index in [1.165, 1.54) is 12.3 Å². The monoisotopic (exact) mass is 297 g/mol. The Labute approximate surface area is 137 Å². The van der Waals surface area contributed by atoms with Crippen molar-refractivity contribution in [3.63, 3.8) is 0 Å². The van der Waals surface area contributed by atoms with Crippen LogP contribution in [-0.4, -0.2) is 14.0 Å². The summed E-state index contributed by atoms with van der Waals surface area (Å²) in [5.41, 5.74) is 2.34. The lowest BCUT2D eigenvalue weighted by molar-refractivity contribution is -0.666. The fourth-order valence-corrected chi connectivity index (χ4v) is 2.91. The minimum absolute atomic E-state index is 0.191. The van der Waals surface area contributed by atoms with E-state index in [9.17, 15) is 0 Å². The number of nitrogens with zero attached hydrogens (tertiary/aromatic N) is 4. The number of imidazole rings is 2. The first-order chi connectivity index (χ1) is 13.0. The Kier molecular flexibility index (Phi) is 1.64. The average molecular weight is 297 g/mol. The first-order valence-electron chi connectivity index (χ1n) is 9.99. The third kappa shape index (κ3) is 1.64. The van der Waals surface area contributed by atoms with Gasteiger partial charge in [-0.3, -0.25) is 4.40 Å². The summed E-state index contributed by atoms with van der Waals surface area (Å²) in [5, 5.41) is 0. The third-order valence-corrected chi connectivity index (χ3v) is 3.98. The Bertz CT molecular complexity index is 1210. The van der Waals surface area contributed by atoms with E-state index in [0.717, 1.165) is 0 Å². The number of benzene rings is 1. The van der Waals surface area contributed by atoms with Crippen molar-refractivity contribution in [3.05, 3.63) is 59.5 Å². The zero-order chi connectivity index (χ0) is 20.4. The summed E-state index contributed by atoms with van der Waals surface area (Å²) < 4.78 is 52.0. The van der Waals surface area contributed by atoms with E-state index in [4.69, 9.17) is 8.22 Å². The van der Waals surface area contributed by atoms with Gasteiger partial charge in [0, 0.05) is 14.3 Å². The van der Waals surface area contributed by atoms with Gasteiger partial charge in [-0.1, -0.05) is 12.1 Å². The van der Waals surface area contributed by atoms with Crippen molar-refractivity contribution < 1.29 is 12.8 Å².